The predicted molar refractivity (Wildman–Crippen MR) is 103 cm³/mol. The van der Waals surface area contributed by atoms with Crippen molar-refractivity contribution in [3.8, 4) is 11.5 Å². The number of benzene rings is 2. The average Bonchev–Trinajstić information content (AvgIpc) is 2.59. The van der Waals surface area contributed by atoms with Crippen LogP contribution in [0, 0.1) is 5.92 Å². The van der Waals surface area contributed by atoms with Gasteiger partial charge in [-0.2, -0.15) is 0 Å². The van der Waals surface area contributed by atoms with Crippen molar-refractivity contribution in [2.24, 2.45) is 5.92 Å². The monoisotopic (exact) mass is 314 g/mol. The Balaban J connectivity index is 0.000000421. The van der Waals surface area contributed by atoms with Crippen molar-refractivity contribution in [1.29, 1.82) is 0 Å². The molecule has 0 amide bonds. The highest BCUT2D eigenvalue weighted by molar-refractivity contribution is 5.30. The highest BCUT2D eigenvalue weighted by Gasteiger charge is 1.92. The van der Waals surface area contributed by atoms with E-state index in [1.807, 2.05) is 74.5 Å². The second-order valence-electron chi connectivity index (χ2n) is 5.62. The van der Waals surface area contributed by atoms with Crippen LogP contribution in [0.2, 0.25) is 0 Å². The maximum absolute atomic E-state index is 5.58. The third-order valence-electron chi connectivity index (χ3n) is 3.11. The Kier molecular flexibility index (Phi) is 14.0. The van der Waals surface area contributed by atoms with Crippen LogP contribution in [0.15, 0.2) is 60.7 Å². The summed E-state index contributed by atoms with van der Waals surface area (Å²) in [5.74, 6) is 2.64. The first-order valence-electron chi connectivity index (χ1n) is 9.00. The van der Waals surface area contributed by atoms with E-state index in [2.05, 4.69) is 20.8 Å². The zero-order chi connectivity index (χ0) is 17.3. The maximum atomic E-state index is 5.58. The minimum absolute atomic E-state index is 0.869. The molecule has 0 saturated carbocycles. The van der Waals surface area contributed by atoms with E-state index in [1.165, 1.54) is 25.7 Å². The van der Waals surface area contributed by atoms with Gasteiger partial charge in [0.2, 0.25) is 0 Å². The lowest BCUT2D eigenvalue weighted by atomic mass is 10.1. The van der Waals surface area contributed by atoms with E-state index in [9.17, 15) is 0 Å². The van der Waals surface area contributed by atoms with Crippen LogP contribution in [-0.4, -0.2) is 0 Å². The molecule has 128 valence electrons. The van der Waals surface area contributed by atoms with Gasteiger partial charge in [0.05, 0.1) is 0 Å². The minimum atomic E-state index is 0.869. The van der Waals surface area contributed by atoms with E-state index >= 15 is 0 Å². The molecule has 0 N–H and O–H groups in total. The summed E-state index contributed by atoms with van der Waals surface area (Å²) in [7, 11) is 0. The number of rotatable bonds is 6. The second kappa shape index (κ2) is 15.1. The lowest BCUT2D eigenvalue weighted by Gasteiger charge is -2.03. The average molecular weight is 315 g/mol. The van der Waals surface area contributed by atoms with Crippen molar-refractivity contribution < 1.29 is 4.74 Å². The van der Waals surface area contributed by atoms with Crippen LogP contribution >= 0.6 is 0 Å². The lowest BCUT2D eigenvalue weighted by Crippen LogP contribution is -1.85. The molecule has 0 aliphatic carbocycles. The largest absolute Gasteiger partial charge is 0.457 e. The molecular formula is C22H34O. The van der Waals surface area contributed by atoms with Gasteiger partial charge in [-0.25, -0.2) is 0 Å². The van der Waals surface area contributed by atoms with Gasteiger partial charge >= 0.3 is 0 Å². The Morgan fingerprint density at radius 2 is 1.17 bits per heavy atom. The Bertz CT molecular complexity index is 410. The zero-order valence-corrected chi connectivity index (χ0v) is 15.6. The van der Waals surface area contributed by atoms with Gasteiger partial charge in [0.25, 0.3) is 0 Å². The molecule has 0 heterocycles. The summed E-state index contributed by atoms with van der Waals surface area (Å²) >= 11 is 0. The molecule has 1 heteroatoms. The standard InChI is InChI=1S/C12H10O.C8H18.C2H6/c1-3-7-11(8-4-1)13-12-9-5-2-6-10-12;1-4-5-6-7-8(2)3;1-2/h1-10H;8H,4-7H2,1-3H3;1-2H3. The number of hydrogen-bond donors (Lipinski definition) is 0. The van der Waals surface area contributed by atoms with Gasteiger partial charge in [-0.15, -0.1) is 0 Å². The van der Waals surface area contributed by atoms with E-state index in [4.69, 9.17) is 4.74 Å². The second-order valence-corrected chi connectivity index (χ2v) is 5.62. The molecule has 23 heavy (non-hydrogen) atoms. The van der Waals surface area contributed by atoms with Gasteiger partial charge in [0.15, 0.2) is 0 Å². The fourth-order valence-corrected chi connectivity index (χ4v) is 1.92. The molecule has 0 aliphatic heterocycles. The van der Waals surface area contributed by atoms with Crippen LogP contribution in [0.25, 0.3) is 0 Å². The van der Waals surface area contributed by atoms with Gasteiger partial charge in [0, 0.05) is 0 Å². The maximum Gasteiger partial charge on any atom is 0.127 e. The predicted octanol–water partition coefficient (Wildman–Crippen LogP) is 7.73. The molecule has 0 fully saturated rings. The first-order valence-corrected chi connectivity index (χ1v) is 9.00. The molecule has 1 nitrogen and oxygen atoms in total. The number of unbranched alkanes of at least 4 members (excludes halogenated alkanes) is 2. The van der Waals surface area contributed by atoms with Crippen molar-refractivity contribution in [3.63, 3.8) is 0 Å². The topological polar surface area (TPSA) is 9.23 Å². The molecule has 2 rings (SSSR count). The van der Waals surface area contributed by atoms with Crippen LogP contribution < -0.4 is 4.74 Å². The van der Waals surface area contributed by atoms with Crippen LogP contribution in [-0.2, 0) is 0 Å². The number of ether oxygens (including phenoxy) is 1. The molecule has 0 aromatic heterocycles. The molecule has 0 unspecified atom stereocenters. The van der Waals surface area contributed by atoms with E-state index in [0.29, 0.717) is 0 Å². The molecule has 0 atom stereocenters. The Morgan fingerprint density at radius 1 is 0.739 bits per heavy atom. The lowest BCUT2D eigenvalue weighted by molar-refractivity contribution is 0.482. The molecule has 0 aliphatic rings. The summed E-state index contributed by atoms with van der Waals surface area (Å²) in [6, 6.07) is 19.5. The van der Waals surface area contributed by atoms with Crippen molar-refractivity contribution in [2.75, 3.05) is 0 Å². The first-order chi connectivity index (χ1) is 11.2. The van der Waals surface area contributed by atoms with Gasteiger partial charge in [-0.05, 0) is 30.2 Å². The summed E-state index contributed by atoms with van der Waals surface area (Å²) < 4.78 is 5.58. The highest BCUT2D eigenvalue weighted by Crippen LogP contribution is 2.19. The van der Waals surface area contributed by atoms with Crippen molar-refractivity contribution in [1.82, 2.24) is 0 Å². The molecule has 0 saturated heterocycles. The number of para-hydroxylation sites is 2. The molecule has 2 aromatic rings. The third-order valence-corrected chi connectivity index (χ3v) is 3.11. The summed E-state index contributed by atoms with van der Waals surface area (Å²) in [5, 5.41) is 0. The smallest absolute Gasteiger partial charge is 0.127 e. The van der Waals surface area contributed by atoms with Crippen LogP contribution in [0.4, 0.5) is 0 Å². The van der Waals surface area contributed by atoms with Gasteiger partial charge in [0.1, 0.15) is 11.5 Å². The van der Waals surface area contributed by atoms with Crippen LogP contribution in [0.3, 0.4) is 0 Å². The number of hydrogen-bond acceptors (Lipinski definition) is 1. The van der Waals surface area contributed by atoms with Crippen LogP contribution in [0.1, 0.15) is 60.3 Å². The SMILES string of the molecule is CC.CCCCCC(C)C.c1ccc(Oc2ccccc2)cc1. The first kappa shape index (κ1) is 21.2. The van der Waals surface area contributed by atoms with E-state index in [1.54, 1.807) is 0 Å². The molecule has 2 aromatic carbocycles. The van der Waals surface area contributed by atoms with E-state index in [0.717, 1.165) is 17.4 Å². The summed E-state index contributed by atoms with van der Waals surface area (Å²) in [4.78, 5) is 0. The van der Waals surface area contributed by atoms with E-state index in [-0.39, 0.29) is 0 Å². The van der Waals surface area contributed by atoms with Crippen molar-refractivity contribution in [2.45, 2.75) is 60.3 Å². The zero-order valence-electron chi connectivity index (χ0n) is 15.6. The third kappa shape index (κ3) is 12.5. The van der Waals surface area contributed by atoms with E-state index < -0.39 is 0 Å². The highest BCUT2D eigenvalue weighted by atomic mass is 16.5. The fourth-order valence-electron chi connectivity index (χ4n) is 1.92. The van der Waals surface area contributed by atoms with Crippen molar-refractivity contribution >= 4 is 0 Å². The Hall–Kier alpha value is -1.76. The van der Waals surface area contributed by atoms with Crippen molar-refractivity contribution in [3.05, 3.63) is 60.7 Å². The van der Waals surface area contributed by atoms with Gasteiger partial charge in [-0.1, -0.05) is 96.7 Å². The van der Waals surface area contributed by atoms with Crippen LogP contribution in [0.5, 0.6) is 11.5 Å². The fraction of sp³-hybridized carbons (Fsp3) is 0.455. The molecule has 0 bridgehead atoms. The Labute approximate surface area is 143 Å². The van der Waals surface area contributed by atoms with Gasteiger partial charge < -0.3 is 4.74 Å². The van der Waals surface area contributed by atoms with Gasteiger partial charge in [-0.3, -0.25) is 0 Å². The summed E-state index contributed by atoms with van der Waals surface area (Å²) in [5.41, 5.74) is 0. The Morgan fingerprint density at radius 3 is 1.52 bits per heavy atom. The molecule has 0 radical (unpaired) electrons. The summed E-state index contributed by atoms with van der Waals surface area (Å²) in [6.45, 7) is 10.8. The molecular weight excluding hydrogens is 280 g/mol. The normalized spacial score (nSPS) is 9.30. The minimum Gasteiger partial charge on any atom is -0.457 e. The summed E-state index contributed by atoms with van der Waals surface area (Å²) in [6.07, 6.45) is 5.60. The molecule has 0 spiro atoms. The quantitative estimate of drug-likeness (QED) is 0.496.